The van der Waals surface area contributed by atoms with Crippen molar-refractivity contribution in [1.29, 1.82) is 0 Å². The monoisotopic (exact) mass is 346 g/mol. The molecule has 0 aliphatic carbocycles. The maximum absolute atomic E-state index is 12.0. The molecule has 1 heterocycles. The van der Waals surface area contributed by atoms with Crippen molar-refractivity contribution in [2.45, 2.75) is 4.34 Å². The van der Waals surface area contributed by atoms with E-state index in [9.17, 15) is 13.2 Å². The number of carbonyl (C=O) groups is 1. The van der Waals surface area contributed by atoms with E-state index in [2.05, 4.69) is 15.5 Å². The molecule has 0 spiro atoms. The second-order valence-corrected chi connectivity index (χ2v) is 7.80. The van der Waals surface area contributed by atoms with Crippen molar-refractivity contribution >= 4 is 44.0 Å². The number of nitrogens with one attached hydrogen (secondary N) is 1. The highest BCUT2D eigenvalue weighted by atomic mass is 35.5. The summed E-state index contributed by atoms with van der Waals surface area (Å²) < 4.78 is 24.5. The highest BCUT2D eigenvalue weighted by molar-refractivity contribution is 7.91. The number of carbonyl (C=O) groups excluding carboxylic acids is 1. The number of nitrogens with zero attached hydrogens (tertiary/aromatic N) is 3. The molecule has 21 heavy (non-hydrogen) atoms. The zero-order valence-corrected chi connectivity index (χ0v) is 13.5. The Morgan fingerprint density at radius 2 is 1.95 bits per heavy atom. The number of anilines is 1. The molecule has 0 aliphatic rings. The average molecular weight is 347 g/mol. The normalized spacial score (nSPS) is 11.6. The molecule has 2 aromatic rings. The Bertz CT molecular complexity index is 773. The van der Waals surface area contributed by atoms with Gasteiger partial charge in [0.05, 0.1) is 10.6 Å². The summed E-state index contributed by atoms with van der Waals surface area (Å²) in [4.78, 5) is 12.0. The molecule has 0 saturated heterocycles. The Labute approximate surface area is 130 Å². The Morgan fingerprint density at radius 1 is 1.29 bits per heavy atom. The van der Waals surface area contributed by atoms with Crippen molar-refractivity contribution in [2.75, 3.05) is 19.4 Å². The largest absolute Gasteiger partial charge is 0.296 e. The first-order valence-electron chi connectivity index (χ1n) is 5.64. The van der Waals surface area contributed by atoms with Crippen LogP contribution in [0.3, 0.4) is 0 Å². The van der Waals surface area contributed by atoms with Crippen LogP contribution < -0.4 is 5.32 Å². The fraction of sp³-hybridized carbons (Fsp3) is 0.182. The van der Waals surface area contributed by atoms with Crippen LogP contribution in [0.25, 0.3) is 0 Å². The van der Waals surface area contributed by atoms with Crippen LogP contribution in [0.5, 0.6) is 0 Å². The van der Waals surface area contributed by atoms with Gasteiger partial charge < -0.3 is 0 Å². The van der Waals surface area contributed by atoms with Crippen LogP contribution in [0.1, 0.15) is 10.4 Å². The van der Waals surface area contributed by atoms with E-state index in [0.29, 0.717) is 5.02 Å². The minimum atomic E-state index is -3.66. The first-order chi connectivity index (χ1) is 9.82. The molecule has 0 atom stereocenters. The van der Waals surface area contributed by atoms with Gasteiger partial charge in [-0.1, -0.05) is 35.1 Å². The molecule has 1 N–H and O–H groups in total. The van der Waals surface area contributed by atoms with Gasteiger partial charge in [-0.05, 0) is 12.1 Å². The number of amides is 1. The zero-order chi connectivity index (χ0) is 15.6. The fourth-order valence-electron chi connectivity index (χ4n) is 1.33. The van der Waals surface area contributed by atoms with Crippen molar-refractivity contribution in [2.24, 2.45) is 0 Å². The van der Waals surface area contributed by atoms with E-state index in [-0.39, 0.29) is 15.0 Å². The van der Waals surface area contributed by atoms with Gasteiger partial charge in [0.1, 0.15) is 0 Å². The lowest BCUT2D eigenvalue weighted by molar-refractivity contribution is 0.102. The predicted molar refractivity (Wildman–Crippen MR) is 80.2 cm³/mol. The second kappa shape index (κ2) is 6.06. The molecule has 1 aromatic heterocycles. The summed E-state index contributed by atoms with van der Waals surface area (Å²) in [6.07, 6.45) is 0. The first-order valence-corrected chi connectivity index (χ1v) is 8.27. The topological polar surface area (TPSA) is 92.3 Å². The van der Waals surface area contributed by atoms with Gasteiger partial charge in [0, 0.05) is 14.1 Å². The summed E-state index contributed by atoms with van der Waals surface area (Å²) >= 11 is 6.68. The minimum Gasteiger partial charge on any atom is -0.296 e. The molecule has 0 radical (unpaired) electrons. The van der Waals surface area contributed by atoms with Crippen molar-refractivity contribution in [3.63, 3.8) is 0 Å². The highest BCUT2D eigenvalue weighted by Gasteiger charge is 2.23. The maximum Gasteiger partial charge on any atom is 0.271 e. The minimum absolute atomic E-state index is 0.0837. The molecule has 2 rings (SSSR count). The van der Waals surface area contributed by atoms with E-state index >= 15 is 0 Å². The van der Waals surface area contributed by atoms with Gasteiger partial charge in [-0.25, -0.2) is 12.7 Å². The molecule has 1 amide bonds. The van der Waals surface area contributed by atoms with Gasteiger partial charge in [0.2, 0.25) is 9.47 Å². The average Bonchev–Trinajstić information content (AvgIpc) is 2.88. The van der Waals surface area contributed by atoms with Gasteiger partial charge in [0.15, 0.2) is 0 Å². The van der Waals surface area contributed by atoms with E-state index in [4.69, 9.17) is 11.6 Å². The van der Waals surface area contributed by atoms with Crippen LogP contribution in [0.4, 0.5) is 5.13 Å². The van der Waals surface area contributed by atoms with Crippen molar-refractivity contribution in [1.82, 2.24) is 14.5 Å². The van der Waals surface area contributed by atoms with Crippen LogP contribution in [-0.2, 0) is 10.0 Å². The van der Waals surface area contributed by atoms with E-state index in [0.717, 1.165) is 15.6 Å². The van der Waals surface area contributed by atoms with Crippen LogP contribution in [0.15, 0.2) is 28.6 Å². The summed E-state index contributed by atoms with van der Waals surface area (Å²) in [5.74, 6) is -0.481. The molecule has 0 aliphatic heterocycles. The summed E-state index contributed by atoms with van der Waals surface area (Å²) in [5, 5.41) is 10.1. The predicted octanol–water partition coefficient (Wildman–Crippen LogP) is 1.69. The highest BCUT2D eigenvalue weighted by Crippen LogP contribution is 2.23. The smallest absolute Gasteiger partial charge is 0.271 e. The van der Waals surface area contributed by atoms with Gasteiger partial charge >= 0.3 is 0 Å². The van der Waals surface area contributed by atoms with Crippen LogP contribution in [0.2, 0.25) is 5.02 Å². The number of rotatable bonds is 4. The quantitative estimate of drug-likeness (QED) is 0.850. The fourth-order valence-corrected chi connectivity index (χ4v) is 3.59. The molecule has 0 bridgehead atoms. The molecule has 7 nitrogen and oxygen atoms in total. The third kappa shape index (κ3) is 3.38. The number of sulfonamides is 1. The molecular formula is C11H11ClN4O3S2. The summed E-state index contributed by atoms with van der Waals surface area (Å²) in [6, 6.07) is 6.50. The number of benzene rings is 1. The first kappa shape index (κ1) is 15.8. The van der Waals surface area contributed by atoms with Crippen molar-refractivity contribution in [3.8, 4) is 0 Å². The van der Waals surface area contributed by atoms with Gasteiger partial charge in [-0.15, -0.1) is 10.2 Å². The molecule has 10 heteroatoms. The zero-order valence-electron chi connectivity index (χ0n) is 11.1. The lowest BCUT2D eigenvalue weighted by Crippen LogP contribution is -2.22. The van der Waals surface area contributed by atoms with Gasteiger partial charge in [0.25, 0.3) is 15.9 Å². The second-order valence-electron chi connectivity index (χ2n) is 4.09. The van der Waals surface area contributed by atoms with E-state index < -0.39 is 15.9 Å². The number of hydrogen-bond acceptors (Lipinski definition) is 6. The number of halogens is 1. The summed E-state index contributed by atoms with van der Waals surface area (Å²) in [5.41, 5.74) is 0.270. The van der Waals surface area contributed by atoms with Crippen molar-refractivity contribution in [3.05, 3.63) is 34.9 Å². The maximum atomic E-state index is 12.0. The van der Waals surface area contributed by atoms with Gasteiger partial charge in [-0.2, -0.15) is 0 Å². The summed E-state index contributed by atoms with van der Waals surface area (Å²) in [7, 11) is -0.889. The number of hydrogen-bond donors (Lipinski definition) is 1. The van der Waals surface area contributed by atoms with E-state index in [1.54, 1.807) is 24.3 Å². The van der Waals surface area contributed by atoms with Gasteiger partial charge in [-0.3, -0.25) is 10.1 Å². The molecular weight excluding hydrogens is 336 g/mol. The molecule has 112 valence electrons. The third-order valence-electron chi connectivity index (χ3n) is 2.45. The molecule has 0 fully saturated rings. The molecule has 1 aromatic carbocycles. The Hall–Kier alpha value is -1.55. The standard InChI is InChI=1S/C11H11ClN4O3S2/c1-16(2)21(18,19)11-15-14-10(20-11)13-9(17)7-5-3-4-6-8(7)12/h3-6H,1-2H3,(H,13,14,17). The van der Waals surface area contributed by atoms with Crippen LogP contribution in [0, 0.1) is 0 Å². The molecule has 0 unspecified atom stereocenters. The summed E-state index contributed by atoms with van der Waals surface area (Å²) in [6.45, 7) is 0. The van der Waals surface area contributed by atoms with E-state index in [1.165, 1.54) is 14.1 Å². The Morgan fingerprint density at radius 3 is 2.57 bits per heavy atom. The Kier molecular flexibility index (Phi) is 4.57. The number of aromatic nitrogens is 2. The molecule has 0 saturated carbocycles. The SMILES string of the molecule is CN(C)S(=O)(=O)c1nnc(NC(=O)c2ccccc2Cl)s1. The Balaban J connectivity index is 2.21. The third-order valence-corrected chi connectivity index (χ3v) is 5.78. The lowest BCUT2D eigenvalue weighted by Gasteiger charge is -2.06. The van der Waals surface area contributed by atoms with Crippen molar-refractivity contribution < 1.29 is 13.2 Å². The van der Waals surface area contributed by atoms with E-state index in [1.807, 2.05) is 0 Å². The lowest BCUT2D eigenvalue weighted by atomic mass is 10.2. The van der Waals surface area contributed by atoms with Crippen LogP contribution in [-0.4, -0.2) is 42.9 Å². The van der Waals surface area contributed by atoms with Crippen LogP contribution >= 0.6 is 22.9 Å².